The van der Waals surface area contributed by atoms with Gasteiger partial charge in [0.1, 0.15) is 16.8 Å². The Labute approximate surface area is 104 Å². The van der Waals surface area contributed by atoms with Gasteiger partial charge in [-0.2, -0.15) is 0 Å². The SMILES string of the molecule is Cc1nc(Cl)c(C)c(-c2cc(F)ccc2C)n1. The van der Waals surface area contributed by atoms with E-state index in [0.29, 0.717) is 16.7 Å². The fourth-order valence-electron chi connectivity index (χ4n) is 1.71. The Morgan fingerprint density at radius 1 is 1.12 bits per heavy atom. The first-order chi connectivity index (χ1) is 7.99. The third kappa shape index (κ3) is 2.29. The first-order valence-corrected chi connectivity index (χ1v) is 5.64. The molecule has 2 nitrogen and oxygen atoms in total. The van der Waals surface area contributed by atoms with E-state index in [9.17, 15) is 4.39 Å². The Morgan fingerprint density at radius 2 is 1.82 bits per heavy atom. The van der Waals surface area contributed by atoms with Gasteiger partial charge in [-0.1, -0.05) is 17.7 Å². The molecule has 0 radical (unpaired) electrons. The molecule has 0 aliphatic heterocycles. The first-order valence-electron chi connectivity index (χ1n) is 5.26. The van der Waals surface area contributed by atoms with Crippen LogP contribution in [0.5, 0.6) is 0 Å². The van der Waals surface area contributed by atoms with Gasteiger partial charge in [-0.05, 0) is 38.5 Å². The highest BCUT2D eigenvalue weighted by Gasteiger charge is 2.12. The lowest BCUT2D eigenvalue weighted by molar-refractivity contribution is 0.628. The highest BCUT2D eigenvalue weighted by molar-refractivity contribution is 6.30. The van der Waals surface area contributed by atoms with Crippen LogP contribution in [0.4, 0.5) is 4.39 Å². The van der Waals surface area contributed by atoms with E-state index in [1.807, 2.05) is 13.8 Å². The predicted molar refractivity (Wildman–Crippen MR) is 66.6 cm³/mol. The highest BCUT2D eigenvalue weighted by atomic mass is 35.5. The zero-order valence-electron chi connectivity index (χ0n) is 9.88. The molecule has 88 valence electrons. The lowest BCUT2D eigenvalue weighted by Gasteiger charge is -2.10. The molecule has 1 aromatic heterocycles. The van der Waals surface area contributed by atoms with Crippen LogP contribution >= 0.6 is 11.6 Å². The molecule has 2 rings (SSSR count). The molecule has 0 aliphatic carbocycles. The maximum Gasteiger partial charge on any atom is 0.136 e. The lowest BCUT2D eigenvalue weighted by Crippen LogP contribution is -1.98. The number of hydrogen-bond acceptors (Lipinski definition) is 2. The summed E-state index contributed by atoms with van der Waals surface area (Å²) in [7, 11) is 0. The Morgan fingerprint density at radius 3 is 2.53 bits per heavy atom. The summed E-state index contributed by atoms with van der Waals surface area (Å²) in [4.78, 5) is 8.42. The Kier molecular flexibility index (Phi) is 3.11. The standard InChI is InChI=1S/C13H12ClFN2/c1-7-4-5-10(15)6-11(7)12-8(2)13(14)17-9(3)16-12/h4-6H,1-3H3. The van der Waals surface area contributed by atoms with Crippen LogP contribution in [0.2, 0.25) is 5.15 Å². The van der Waals surface area contributed by atoms with Gasteiger partial charge in [0.15, 0.2) is 0 Å². The van der Waals surface area contributed by atoms with Crippen molar-refractivity contribution in [2.75, 3.05) is 0 Å². The molecule has 0 aliphatic rings. The molecule has 0 atom stereocenters. The zero-order chi connectivity index (χ0) is 12.6. The second-order valence-corrected chi connectivity index (χ2v) is 4.35. The monoisotopic (exact) mass is 250 g/mol. The van der Waals surface area contributed by atoms with Gasteiger partial charge in [0.05, 0.1) is 5.69 Å². The minimum absolute atomic E-state index is 0.280. The molecular weight excluding hydrogens is 239 g/mol. The van der Waals surface area contributed by atoms with E-state index in [0.717, 1.165) is 16.7 Å². The van der Waals surface area contributed by atoms with Crippen molar-refractivity contribution in [2.45, 2.75) is 20.8 Å². The van der Waals surface area contributed by atoms with Gasteiger partial charge < -0.3 is 0 Å². The summed E-state index contributed by atoms with van der Waals surface area (Å²) in [5, 5.41) is 0.413. The summed E-state index contributed by atoms with van der Waals surface area (Å²) in [5.74, 6) is 0.302. The smallest absolute Gasteiger partial charge is 0.136 e. The van der Waals surface area contributed by atoms with Gasteiger partial charge in [0, 0.05) is 11.1 Å². The van der Waals surface area contributed by atoms with E-state index in [-0.39, 0.29) is 5.82 Å². The number of aromatic nitrogens is 2. The van der Waals surface area contributed by atoms with Crippen LogP contribution in [-0.2, 0) is 0 Å². The third-order valence-corrected chi connectivity index (χ3v) is 3.02. The van der Waals surface area contributed by atoms with Crippen LogP contribution in [0, 0.1) is 26.6 Å². The molecular formula is C13H12ClFN2. The van der Waals surface area contributed by atoms with Crippen LogP contribution in [0.15, 0.2) is 18.2 Å². The molecule has 4 heteroatoms. The van der Waals surface area contributed by atoms with Crippen molar-refractivity contribution in [1.82, 2.24) is 9.97 Å². The van der Waals surface area contributed by atoms with Crippen molar-refractivity contribution in [3.05, 3.63) is 46.1 Å². The lowest BCUT2D eigenvalue weighted by atomic mass is 10.0. The largest absolute Gasteiger partial charge is 0.233 e. The average Bonchev–Trinajstić information content (AvgIpc) is 2.27. The van der Waals surface area contributed by atoms with Crippen molar-refractivity contribution >= 4 is 11.6 Å². The molecule has 0 spiro atoms. The summed E-state index contributed by atoms with van der Waals surface area (Å²) >= 11 is 6.02. The second kappa shape index (κ2) is 4.41. The molecule has 0 N–H and O–H groups in total. The van der Waals surface area contributed by atoms with Crippen molar-refractivity contribution in [2.24, 2.45) is 0 Å². The maximum atomic E-state index is 13.3. The molecule has 1 aromatic carbocycles. The molecule has 0 saturated carbocycles. The van der Waals surface area contributed by atoms with Gasteiger partial charge in [-0.15, -0.1) is 0 Å². The molecule has 1 heterocycles. The van der Waals surface area contributed by atoms with E-state index >= 15 is 0 Å². The van der Waals surface area contributed by atoms with E-state index in [2.05, 4.69) is 9.97 Å². The molecule has 0 amide bonds. The third-order valence-electron chi connectivity index (χ3n) is 2.65. The number of halogens is 2. The van der Waals surface area contributed by atoms with Gasteiger partial charge in [0.2, 0.25) is 0 Å². The fraction of sp³-hybridized carbons (Fsp3) is 0.231. The van der Waals surface area contributed by atoms with Crippen molar-refractivity contribution in [3.8, 4) is 11.3 Å². The predicted octanol–water partition coefficient (Wildman–Crippen LogP) is 3.86. The Hall–Kier alpha value is -1.48. The Bertz CT molecular complexity index is 582. The van der Waals surface area contributed by atoms with Gasteiger partial charge in [-0.25, -0.2) is 14.4 Å². The number of benzene rings is 1. The van der Waals surface area contributed by atoms with E-state index < -0.39 is 0 Å². The number of nitrogens with zero attached hydrogens (tertiary/aromatic N) is 2. The van der Waals surface area contributed by atoms with E-state index in [1.54, 1.807) is 13.0 Å². The van der Waals surface area contributed by atoms with E-state index in [4.69, 9.17) is 11.6 Å². The molecule has 0 fully saturated rings. The minimum Gasteiger partial charge on any atom is -0.233 e. The van der Waals surface area contributed by atoms with Crippen LogP contribution in [-0.4, -0.2) is 9.97 Å². The van der Waals surface area contributed by atoms with Crippen LogP contribution in [0.3, 0.4) is 0 Å². The average molecular weight is 251 g/mol. The number of aryl methyl sites for hydroxylation is 2. The maximum absolute atomic E-state index is 13.3. The fourth-order valence-corrected chi connectivity index (χ4v) is 1.92. The molecule has 2 aromatic rings. The summed E-state index contributed by atoms with van der Waals surface area (Å²) in [6, 6.07) is 4.64. The second-order valence-electron chi connectivity index (χ2n) is 3.99. The topological polar surface area (TPSA) is 25.8 Å². The van der Waals surface area contributed by atoms with Crippen LogP contribution in [0.25, 0.3) is 11.3 Å². The van der Waals surface area contributed by atoms with Crippen molar-refractivity contribution in [1.29, 1.82) is 0 Å². The van der Waals surface area contributed by atoms with Crippen molar-refractivity contribution < 1.29 is 4.39 Å². The minimum atomic E-state index is -0.280. The molecule has 17 heavy (non-hydrogen) atoms. The normalized spacial score (nSPS) is 10.6. The Balaban J connectivity index is 2.72. The quantitative estimate of drug-likeness (QED) is 0.718. The van der Waals surface area contributed by atoms with Crippen LogP contribution in [0.1, 0.15) is 17.0 Å². The summed E-state index contributed by atoms with van der Waals surface area (Å²) < 4.78 is 13.3. The molecule has 0 unspecified atom stereocenters. The number of rotatable bonds is 1. The van der Waals surface area contributed by atoms with Gasteiger partial charge in [-0.3, -0.25) is 0 Å². The molecule has 0 saturated heterocycles. The van der Waals surface area contributed by atoms with Crippen molar-refractivity contribution in [3.63, 3.8) is 0 Å². The highest BCUT2D eigenvalue weighted by Crippen LogP contribution is 2.28. The number of hydrogen-bond donors (Lipinski definition) is 0. The molecule has 0 bridgehead atoms. The van der Waals surface area contributed by atoms with Gasteiger partial charge >= 0.3 is 0 Å². The summed E-state index contributed by atoms with van der Waals surface area (Å²) in [6.45, 7) is 5.52. The first kappa shape index (κ1) is 12.0. The zero-order valence-corrected chi connectivity index (χ0v) is 10.6. The van der Waals surface area contributed by atoms with E-state index in [1.165, 1.54) is 12.1 Å². The van der Waals surface area contributed by atoms with Gasteiger partial charge in [0.25, 0.3) is 0 Å². The summed E-state index contributed by atoms with van der Waals surface area (Å²) in [6.07, 6.45) is 0. The summed E-state index contributed by atoms with van der Waals surface area (Å²) in [5.41, 5.74) is 3.18. The van der Waals surface area contributed by atoms with Crippen LogP contribution < -0.4 is 0 Å².